The quantitative estimate of drug-likeness (QED) is 0.478. The summed E-state index contributed by atoms with van der Waals surface area (Å²) in [7, 11) is 0. The minimum absolute atomic E-state index is 0.171. The highest BCUT2D eigenvalue weighted by Crippen LogP contribution is 2.39. The fourth-order valence-corrected chi connectivity index (χ4v) is 3.58. The fourth-order valence-electron chi connectivity index (χ4n) is 3.58. The van der Waals surface area contributed by atoms with Gasteiger partial charge in [0.05, 0.1) is 30.8 Å². The Balaban J connectivity index is 1.35. The molecule has 3 fully saturated rings. The molecular weight excluding hydrogens is 272 g/mol. The summed E-state index contributed by atoms with van der Waals surface area (Å²) in [4.78, 5) is 12.0. The van der Waals surface area contributed by atoms with Gasteiger partial charge in [0.15, 0.2) is 6.29 Å². The van der Waals surface area contributed by atoms with Crippen LogP contribution in [-0.4, -0.2) is 42.3 Å². The summed E-state index contributed by atoms with van der Waals surface area (Å²) in [6.07, 6.45) is 6.45. The van der Waals surface area contributed by atoms with Gasteiger partial charge in [-0.25, -0.2) is 0 Å². The lowest BCUT2D eigenvalue weighted by Crippen LogP contribution is -2.31. The molecule has 3 aliphatic rings. The summed E-state index contributed by atoms with van der Waals surface area (Å²) in [6.45, 7) is 2.41. The molecule has 0 aromatic heterocycles. The average Bonchev–Trinajstić information content (AvgIpc) is 3.23. The van der Waals surface area contributed by atoms with Crippen LogP contribution >= 0.6 is 0 Å². The Labute approximate surface area is 125 Å². The number of ether oxygens (including phenoxy) is 3. The van der Waals surface area contributed by atoms with Crippen molar-refractivity contribution in [3.05, 3.63) is 0 Å². The normalized spacial score (nSPS) is 40.2. The van der Waals surface area contributed by atoms with E-state index in [0.29, 0.717) is 31.2 Å². The zero-order chi connectivity index (χ0) is 14.8. The lowest BCUT2D eigenvalue weighted by Gasteiger charge is -2.26. The van der Waals surface area contributed by atoms with Crippen LogP contribution in [-0.2, 0) is 19.0 Å². The molecular formula is C16H26O5. The van der Waals surface area contributed by atoms with E-state index in [1.165, 1.54) is 0 Å². The van der Waals surface area contributed by atoms with Gasteiger partial charge in [0.1, 0.15) is 0 Å². The first kappa shape index (κ1) is 15.3. The molecule has 0 aromatic carbocycles. The van der Waals surface area contributed by atoms with Crippen molar-refractivity contribution in [3.8, 4) is 0 Å². The van der Waals surface area contributed by atoms with Gasteiger partial charge in [-0.2, -0.15) is 0 Å². The molecule has 1 aliphatic heterocycles. The second-order valence-electron chi connectivity index (χ2n) is 6.75. The van der Waals surface area contributed by atoms with E-state index in [0.717, 1.165) is 38.5 Å². The van der Waals surface area contributed by atoms with Crippen LogP contribution in [0.5, 0.6) is 0 Å². The number of aliphatic hydroxyl groups is 1. The molecule has 3 rings (SSSR count). The zero-order valence-electron chi connectivity index (χ0n) is 12.7. The Morgan fingerprint density at radius 2 is 2.10 bits per heavy atom. The van der Waals surface area contributed by atoms with E-state index in [2.05, 4.69) is 0 Å². The first-order valence-corrected chi connectivity index (χ1v) is 8.27. The molecule has 2 saturated carbocycles. The first-order valence-electron chi connectivity index (χ1n) is 8.27. The van der Waals surface area contributed by atoms with Crippen LogP contribution in [0.1, 0.15) is 51.9 Å². The maximum atomic E-state index is 12.0. The van der Waals surface area contributed by atoms with E-state index < -0.39 is 6.29 Å². The predicted molar refractivity (Wildman–Crippen MR) is 75.5 cm³/mol. The number of aliphatic hydroxyl groups excluding tert-OH is 1. The fraction of sp³-hybridized carbons (Fsp3) is 0.938. The number of hydrogen-bond donors (Lipinski definition) is 1. The van der Waals surface area contributed by atoms with Crippen molar-refractivity contribution in [1.29, 1.82) is 0 Å². The molecule has 21 heavy (non-hydrogen) atoms. The van der Waals surface area contributed by atoms with E-state index in [9.17, 15) is 9.90 Å². The summed E-state index contributed by atoms with van der Waals surface area (Å²) in [5, 5.41) is 9.61. The van der Waals surface area contributed by atoms with Crippen LogP contribution in [0.3, 0.4) is 0 Å². The van der Waals surface area contributed by atoms with E-state index in [1.54, 1.807) is 6.92 Å². The lowest BCUT2D eigenvalue weighted by molar-refractivity contribution is -0.184. The molecule has 5 heteroatoms. The number of hydrogen-bond acceptors (Lipinski definition) is 5. The highest BCUT2D eigenvalue weighted by molar-refractivity contribution is 5.72. The molecule has 1 heterocycles. The Bertz CT molecular complexity index is 372. The zero-order valence-corrected chi connectivity index (χ0v) is 12.7. The van der Waals surface area contributed by atoms with Crippen molar-refractivity contribution < 1.29 is 24.1 Å². The Morgan fingerprint density at radius 3 is 2.86 bits per heavy atom. The number of fused-ring (bicyclic) bond motifs is 1. The SMILES string of the molecule is CC(OCC1CCC2OC2C1)OC(=O)C1CCCC(O)C1. The third kappa shape index (κ3) is 4.18. The van der Waals surface area contributed by atoms with Crippen molar-refractivity contribution in [2.75, 3.05) is 6.61 Å². The van der Waals surface area contributed by atoms with E-state index in [-0.39, 0.29) is 18.0 Å². The second-order valence-corrected chi connectivity index (χ2v) is 6.75. The van der Waals surface area contributed by atoms with Gasteiger partial charge in [0.2, 0.25) is 0 Å². The average molecular weight is 298 g/mol. The molecule has 6 atom stereocenters. The van der Waals surface area contributed by atoms with E-state index >= 15 is 0 Å². The van der Waals surface area contributed by atoms with Crippen LogP contribution in [0.25, 0.3) is 0 Å². The molecule has 6 unspecified atom stereocenters. The standard InChI is InChI=1S/C16H26O5/c1-10(19-9-11-5-6-14-15(7-11)21-14)20-16(18)12-3-2-4-13(17)8-12/h10-15,17H,2-9H2,1H3. The number of epoxide rings is 1. The highest BCUT2D eigenvalue weighted by atomic mass is 16.7. The summed E-state index contributed by atoms with van der Waals surface area (Å²) in [5.74, 6) is 0.122. The minimum Gasteiger partial charge on any atom is -0.436 e. The Hall–Kier alpha value is -0.650. The third-order valence-corrected chi connectivity index (χ3v) is 4.94. The monoisotopic (exact) mass is 298 g/mol. The molecule has 0 bridgehead atoms. The van der Waals surface area contributed by atoms with Crippen molar-refractivity contribution in [3.63, 3.8) is 0 Å². The van der Waals surface area contributed by atoms with Gasteiger partial charge >= 0.3 is 5.97 Å². The van der Waals surface area contributed by atoms with Crippen LogP contribution in [0.2, 0.25) is 0 Å². The molecule has 5 nitrogen and oxygen atoms in total. The molecule has 1 N–H and O–H groups in total. The maximum Gasteiger partial charge on any atom is 0.311 e. The largest absolute Gasteiger partial charge is 0.436 e. The first-order chi connectivity index (χ1) is 10.1. The summed E-state index contributed by atoms with van der Waals surface area (Å²) < 4.78 is 16.5. The predicted octanol–water partition coefficient (Wildman–Crippen LogP) is 2.01. The van der Waals surface area contributed by atoms with Gasteiger partial charge in [0.25, 0.3) is 0 Å². The second kappa shape index (κ2) is 6.63. The highest BCUT2D eigenvalue weighted by Gasteiger charge is 2.43. The molecule has 0 spiro atoms. The van der Waals surface area contributed by atoms with Crippen LogP contribution in [0.4, 0.5) is 0 Å². The summed E-state index contributed by atoms with van der Waals surface area (Å²) >= 11 is 0. The van der Waals surface area contributed by atoms with Crippen molar-refractivity contribution in [2.45, 2.75) is 76.5 Å². The molecule has 1 saturated heterocycles. The van der Waals surface area contributed by atoms with Crippen molar-refractivity contribution >= 4 is 5.97 Å². The van der Waals surface area contributed by atoms with Gasteiger partial charge in [-0.3, -0.25) is 4.79 Å². The topological polar surface area (TPSA) is 68.3 Å². The molecule has 0 aromatic rings. The minimum atomic E-state index is -0.505. The smallest absolute Gasteiger partial charge is 0.311 e. The van der Waals surface area contributed by atoms with Gasteiger partial charge in [-0.05, 0) is 51.4 Å². The van der Waals surface area contributed by atoms with Gasteiger partial charge in [-0.1, -0.05) is 6.42 Å². The van der Waals surface area contributed by atoms with Crippen molar-refractivity contribution in [1.82, 2.24) is 0 Å². The summed E-state index contributed by atoms with van der Waals surface area (Å²) in [5.41, 5.74) is 0. The summed E-state index contributed by atoms with van der Waals surface area (Å²) in [6, 6.07) is 0. The van der Waals surface area contributed by atoms with Gasteiger partial charge in [-0.15, -0.1) is 0 Å². The van der Waals surface area contributed by atoms with Gasteiger partial charge < -0.3 is 19.3 Å². The number of esters is 1. The van der Waals surface area contributed by atoms with Gasteiger partial charge in [0, 0.05) is 0 Å². The van der Waals surface area contributed by atoms with Crippen molar-refractivity contribution in [2.24, 2.45) is 11.8 Å². The molecule has 2 aliphatic carbocycles. The number of carbonyl (C=O) groups is 1. The third-order valence-electron chi connectivity index (χ3n) is 4.94. The number of carbonyl (C=O) groups excluding carboxylic acids is 1. The van der Waals surface area contributed by atoms with Crippen LogP contribution in [0.15, 0.2) is 0 Å². The van der Waals surface area contributed by atoms with E-state index in [1.807, 2.05) is 0 Å². The van der Waals surface area contributed by atoms with Crippen LogP contribution in [0, 0.1) is 11.8 Å². The van der Waals surface area contributed by atoms with Crippen LogP contribution < -0.4 is 0 Å². The lowest BCUT2D eigenvalue weighted by atomic mass is 9.87. The molecule has 120 valence electrons. The maximum absolute atomic E-state index is 12.0. The number of rotatable bonds is 5. The Kier molecular flexibility index (Phi) is 4.82. The molecule has 0 amide bonds. The Morgan fingerprint density at radius 1 is 1.24 bits per heavy atom. The molecule has 0 radical (unpaired) electrons. The van der Waals surface area contributed by atoms with E-state index in [4.69, 9.17) is 14.2 Å².